The zero-order valence-electron chi connectivity index (χ0n) is 16.7. The highest BCUT2D eigenvalue weighted by atomic mass is 35.5. The van der Waals surface area contributed by atoms with Crippen LogP contribution in [0.3, 0.4) is 0 Å². The standard InChI is InChI=1S/C19H27ClN6O3/c1-24-14(10-25-4-2-13(3-5-25)19(27)11-29-12-19)21-15-16(24)22-18(20)23-17(15)26-6-8-28-9-7-26/h13,27H,2-12H2,1H3. The maximum Gasteiger partial charge on any atom is 0.226 e. The summed E-state index contributed by atoms with van der Waals surface area (Å²) in [5.41, 5.74) is 0.950. The molecule has 158 valence electrons. The second kappa shape index (κ2) is 7.63. The number of imidazole rings is 1. The average Bonchev–Trinajstić information content (AvgIpc) is 3.02. The smallest absolute Gasteiger partial charge is 0.226 e. The lowest BCUT2D eigenvalue weighted by molar-refractivity contribution is -0.214. The summed E-state index contributed by atoms with van der Waals surface area (Å²) in [6.45, 7) is 6.48. The number of halogens is 1. The molecule has 0 unspecified atom stereocenters. The fourth-order valence-corrected chi connectivity index (χ4v) is 4.74. The number of ether oxygens (including phenoxy) is 2. The molecule has 2 aromatic heterocycles. The molecule has 1 N–H and O–H groups in total. The molecule has 0 saturated carbocycles. The summed E-state index contributed by atoms with van der Waals surface area (Å²) in [6, 6.07) is 0. The quantitative estimate of drug-likeness (QED) is 0.725. The molecule has 29 heavy (non-hydrogen) atoms. The van der Waals surface area contributed by atoms with E-state index in [1.165, 1.54) is 0 Å². The summed E-state index contributed by atoms with van der Waals surface area (Å²) in [4.78, 5) is 18.4. The zero-order chi connectivity index (χ0) is 20.0. The number of morpholine rings is 1. The van der Waals surface area contributed by atoms with Crippen LogP contribution >= 0.6 is 11.6 Å². The van der Waals surface area contributed by atoms with Gasteiger partial charge in [0.25, 0.3) is 0 Å². The lowest BCUT2D eigenvalue weighted by Gasteiger charge is -2.46. The molecule has 3 fully saturated rings. The van der Waals surface area contributed by atoms with Crippen LogP contribution in [0.15, 0.2) is 0 Å². The summed E-state index contributed by atoms with van der Waals surface area (Å²) in [7, 11) is 1.98. The van der Waals surface area contributed by atoms with Crippen LogP contribution in [0.5, 0.6) is 0 Å². The second-order valence-electron chi connectivity index (χ2n) is 8.32. The number of nitrogens with zero attached hydrogens (tertiary/aromatic N) is 6. The van der Waals surface area contributed by atoms with Crippen molar-refractivity contribution >= 4 is 28.6 Å². The number of fused-ring (bicyclic) bond motifs is 1. The largest absolute Gasteiger partial charge is 0.385 e. The summed E-state index contributed by atoms with van der Waals surface area (Å²) in [5.74, 6) is 2.07. The molecule has 3 aliphatic rings. The van der Waals surface area contributed by atoms with Gasteiger partial charge in [0.2, 0.25) is 5.28 Å². The minimum Gasteiger partial charge on any atom is -0.385 e. The maximum absolute atomic E-state index is 10.5. The minimum atomic E-state index is -0.608. The third kappa shape index (κ3) is 3.59. The number of likely N-dealkylation sites (tertiary alicyclic amines) is 1. The van der Waals surface area contributed by atoms with Crippen LogP contribution in [-0.4, -0.2) is 87.7 Å². The zero-order valence-corrected chi connectivity index (χ0v) is 17.4. The Morgan fingerprint density at radius 1 is 1.07 bits per heavy atom. The molecular weight excluding hydrogens is 396 g/mol. The van der Waals surface area contributed by atoms with Gasteiger partial charge in [0.15, 0.2) is 17.0 Å². The SMILES string of the molecule is Cn1c(CN2CCC(C3(O)COC3)CC2)nc2c(N3CCOCC3)nc(Cl)nc21. The van der Waals surface area contributed by atoms with Gasteiger partial charge >= 0.3 is 0 Å². The Morgan fingerprint density at radius 2 is 1.79 bits per heavy atom. The number of piperidine rings is 1. The number of aryl methyl sites for hydroxylation is 1. The number of rotatable bonds is 4. The molecule has 10 heteroatoms. The van der Waals surface area contributed by atoms with E-state index in [-0.39, 0.29) is 5.28 Å². The molecule has 0 radical (unpaired) electrons. The maximum atomic E-state index is 10.5. The Labute approximate surface area is 174 Å². The number of aromatic nitrogens is 4. The third-order valence-corrected chi connectivity index (χ3v) is 6.66. The lowest BCUT2D eigenvalue weighted by atomic mass is 9.79. The third-order valence-electron chi connectivity index (χ3n) is 6.49. The van der Waals surface area contributed by atoms with E-state index in [4.69, 9.17) is 26.1 Å². The van der Waals surface area contributed by atoms with Gasteiger partial charge < -0.3 is 24.0 Å². The summed E-state index contributed by atoms with van der Waals surface area (Å²) >= 11 is 6.23. The molecule has 3 saturated heterocycles. The first-order chi connectivity index (χ1) is 14.0. The van der Waals surface area contributed by atoms with Gasteiger partial charge in [-0.2, -0.15) is 9.97 Å². The summed E-state index contributed by atoms with van der Waals surface area (Å²) in [5, 5.41) is 10.8. The van der Waals surface area contributed by atoms with Crippen LogP contribution in [0.4, 0.5) is 5.82 Å². The average molecular weight is 423 g/mol. The van der Waals surface area contributed by atoms with Crippen molar-refractivity contribution in [3.63, 3.8) is 0 Å². The number of anilines is 1. The van der Waals surface area contributed by atoms with Crippen molar-refractivity contribution in [3.8, 4) is 0 Å². The van der Waals surface area contributed by atoms with E-state index in [1.807, 2.05) is 11.6 Å². The highest BCUT2D eigenvalue weighted by Gasteiger charge is 2.44. The van der Waals surface area contributed by atoms with Gasteiger partial charge in [-0.3, -0.25) is 4.90 Å². The molecular formula is C19H27ClN6O3. The van der Waals surface area contributed by atoms with E-state index in [0.717, 1.165) is 68.4 Å². The fraction of sp³-hybridized carbons (Fsp3) is 0.737. The van der Waals surface area contributed by atoms with Crippen molar-refractivity contribution in [2.24, 2.45) is 13.0 Å². The molecule has 0 atom stereocenters. The van der Waals surface area contributed by atoms with Gasteiger partial charge in [0.05, 0.1) is 33.0 Å². The van der Waals surface area contributed by atoms with Crippen LogP contribution < -0.4 is 4.90 Å². The normalized spacial score (nSPS) is 23.5. The lowest BCUT2D eigenvalue weighted by Crippen LogP contribution is -2.57. The van der Waals surface area contributed by atoms with E-state index in [9.17, 15) is 5.11 Å². The highest BCUT2D eigenvalue weighted by Crippen LogP contribution is 2.34. The van der Waals surface area contributed by atoms with Gasteiger partial charge in [-0.25, -0.2) is 4.98 Å². The first kappa shape index (κ1) is 19.4. The second-order valence-corrected chi connectivity index (χ2v) is 8.66. The van der Waals surface area contributed by atoms with Crippen LogP contribution in [0, 0.1) is 5.92 Å². The number of hydrogen-bond donors (Lipinski definition) is 1. The molecule has 0 spiro atoms. The predicted octanol–water partition coefficient (Wildman–Crippen LogP) is 0.827. The van der Waals surface area contributed by atoms with E-state index in [1.54, 1.807) is 0 Å². The fourth-order valence-electron chi connectivity index (χ4n) is 4.58. The van der Waals surface area contributed by atoms with E-state index in [0.29, 0.717) is 32.3 Å². The van der Waals surface area contributed by atoms with Crippen molar-refractivity contribution in [2.45, 2.75) is 25.0 Å². The Balaban J connectivity index is 1.35. The van der Waals surface area contributed by atoms with E-state index >= 15 is 0 Å². The topological polar surface area (TPSA) is 88.8 Å². The van der Waals surface area contributed by atoms with Crippen LogP contribution in [-0.2, 0) is 23.1 Å². The van der Waals surface area contributed by atoms with Gasteiger partial charge in [-0.05, 0) is 43.5 Å². The Morgan fingerprint density at radius 3 is 2.45 bits per heavy atom. The molecule has 5 heterocycles. The molecule has 2 aromatic rings. The molecule has 0 aromatic carbocycles. The summed E-state index contributed by atoms with van der Waals surface area (Å²) < 4.78 is 12.7. The Kier molecular flexibility index (Phi) is 5.11. The van der Waals surface area contributed by atoms with Crippen molar-refractivity contribution in [1.29, 1.82) is 0 Å². The molecule has 3 aliphatic heterocycles. The van der Waals surface area contributed by atoms with E-state index < -0.39 is 5.60 Å². The summed E-state index contributed by atoms with van der Waals surface area (Å²) in [6.07, 6.45) is 1.96. The van der Waals surface area contributed by atoms with Crippen LogP contribution in [0.25, 0.3) is 11.2 Å². The Bertz CT molecular complexity index is 888. The predicted molar refractivity (Wildman–Crippen MR) is 108 cm³/mol. The van der Waals surface area contributed by atoms with Crippen LogP contribution in [0.1, 0.15) is 18.7 Å². The van der Waals surface area contributed by atoms with Gasteiger partial charge in [-0.15, -0.1) is 0 Å². The van der Waals surface area contributed by atoms with E-state index in [2.05, 4.69) is 19.8 Å². The first-order valence-corrected chi connectivity index (χ1v) is 10.7. The van der Waals surface area contributed by atoms with Gasteiger partial charge in [-0.1, -0.05) is 0 Å². The Hall–Kier alpha value is -1.52. The van der Waals surface area contributed by atoms with Crippen LogP contribution in [0.2, 0.25) is 5.28 Å². The number of aliphatic hydroxyl groups is 1. The minimum absolute atomic E-state index is 0.241. The van der Waals surface area contributed by atoms with Crippen molar-refractivity contribution in [3.05, 3.63) is 11.1 Å². The monoisotopic (exact) mass is 422 g/mol. The van der Waals surface area contributed by atoms with Crippen molar-refractivity contribution in [1.82, 2.24) is 24.4 Å². The molecule has 5 rings (SSSR count). The molecule has 9 nitrogen and oxygen atoms in total. The van der Waals surface area contributed by atoms with Crippen molar-refractivity contribution < 1.29 is 14.6 Å². The highest BCUT2D eigenvalue weighted by molar-refractivity contribution is 6.28. The molecule has 0 aliphatic carbocycles. The van der Waals surface area contributed by atoms with Gasteiger partial charge in [0, 0.05) is 20.1 Å². The number of hydrogen-bond acceptors (Lipinski definition) is 8. The first-order valence-electron chi connectivity index (χ1n) is 10.3. The van der Waals surface area contributed by atoms with Gasteiger partial charge in [0.1, 0.15) is 11.4 Å². The molecule has 0 amide bonds. The molecule has 0 bridgehead atoms. The van der Waals surface area contributed by atoms with Crippen molar-refractivity contribution in [2.75, 3.05) is 57.5 Å².